The van der Waals surface area contributed by atoms with Gasteiger partial charge in [0.25, 0.3) is 0 Å². The van der Waals surface area contributed by atoms with Gasteiger partial charge in [0.1, 0.15) is 5.56 Å². The van der Waals surface area contributed by atoms with Crippen LogP contribution in [-0.2, 0) is 11.8 Å². The van der Waals surface area contributed by atoms with E-state index in [1.807, 2.05) is 36.9 Å². The summed E-state index contributed by atoms with van der Waals surface area (Å²) in [7, 11) is 1.89. The maximum absolute atomic E-state index is 12.0. The summed E-state index contributed by atoms with van der Waals surface area (Å²) >= 11 is 0. The molecule has 90 valence electrons. The molecule has 0 atom stereocenters. The Hall–Kier alpha value is -1.97. The topological polar surface area (TPSA) is 57.2 Å². The lowest BCUT2D eigenvalue weighted by molar-refractivity contribution is 0.0508. The molecule has 0 bridgehead atoms. The molecule has 0 unspecified atom stereocenters. The third-order valence-corrected chi connectivity index (χ3v) is 2.71. The second-order valence-electron chi connectivity index (χ2n) is 4.03. The Morgan fingerprint density at radius 3 is 2.88 bits per heavy atom. The van der Waals surface area contributed by atoms with Gasteiger partial charge in [0.15, 0.2) is 0 Å². The first-order chi connectivity index (χ1) is 8.15. The summed E-state index contributed by atoms with van der Waals surface area (Å²) in [5.74, 6) is -0.350. The van der Waals surface area contributed by atoms with E-state index in [-0.39, 0.29) is 5.97 Å². The molecular weight excluding hydrogens is 216 g/mol. The fourth-order valence-electron chi connectivity index (χ4n) is 1.89. The molecule has 0 aliphatic carbocycles. The zero-order valence-corrected chi connectivity index (χ0v) is 10.1. The van der Waals surface area contributed by atoms with E-state index in [2.05, 4.69) is 0 Å². The lowest BCUT2D eigenvalue weighted by Gasteiger charge is -2.09. The van der Waals surface area contributed by atoms with Gasteiger partial charge < -0.3 is 15.0 Å². The van der Waals surface area contributed by atoms with E-state index in [0.717, 1.165) is 17.3 Å². The number of ether oxygens (including phenoxy) is 1. The predicted octanol–water partition coefficient (Wildman–Crippen LogP) is 2.33. The SMILES string of the molecule is CCCOC(=O)c1c(N)ccc2ccn(C)c12. The smallest absolute Gasteiger partial charge is 0.342 e. The lowest BCUT2D eigenvalue weighted by Crippen LogP contribution is -2.10. The van der Waals surface area contributed by atoms with Gasteiger partial charge >= 0.3 is 5.97 Å². The van der Waals surface area contributed by atoms with Crippen LogP contribution in [0.2, 0.25) is 0 Å². The highest BCUT2D eigenvalue weighted by molar-refractivity contribution is 6.07. The molecule has 0 amide bonds. The highest BCUT2D eigenvalue weighted by Crippen LogP contribution is 2.25. The Morgan fingerprint density at radius 2 is 2.18 bits per heavy atom. The van der Waals surface area contributed by atoms with Crippen molar-refractivity contribution in [3.8, 4) is 0 Å². The number of hydrogen-bond acceptors (Lipinski definition) is 3. The Balaban J connectivity index is 2.54. The third-order valence-electron chi connectivity index (χ3n) is 2.71. The number of carbonyl (C=O) groups is 1. The first kappa shape index (κ1) is 11.5. The van der Waals surface area contributed by atoms with Gasteiger partial charge in [0, 0.05) is 24.3 Å². The van der Waals surface area contributed by atoms with E-state index in [1.54, 1.807) is 6.07 Å². The fraction of sp³-hybridized carbons (Fsp3) is 0.308. The van der Waals surface area contributed by atoms with E-state index in [0.29, 0.717) is 17.9 Å². The molecule has 0 radical (unpaired) electrons. The van der Waals surface area contributed by atoms with Gasteiger partial charge in [-0.25, -0.2) is 4.79 Å². The van der Waals surface area contributed by atoms with E-state index in [4.69, 9.17) is 10.5 Å². The van der Waals surface area contributed by atoms with Crippen LogP contribution in [0, 0.1) is 0 Å². The van der Waals surface area contributed by atoms with E-state index >= 15 is 0 Å². The normalized spacial score (nSPS) is 10.7. The van der Waals surface area contributed by atoms with Gasteiger partial charge in [-0.3, -0.25) is 0 Å². The van der Waals surface area contributed by atoms with Gasteiger partial charge in [-0.1, -0.05) is 13.0 Å². The number of nitrogen functional groups attached to an aromatic ring is 1. The van der Waals surface area contributed by atoms with Crippen molar-refractivity contribution in [2.45, 2.75) is 13.3 Å². The van der Waals surface area contributed by atoms with Crippen molar-refractivity contribution < 1.29 is 9.53 Å². The Bertz CT molecular complexity index is 558. The standard InChI is InChI=1S/C13H16N2O2/c1-3-8-17-13(16)11-10(14)5-4-9-6-7-15(2)12(9)11/h4-7H,3,8,14H2,1-2H3. The van der Waals surface area contributed by atoms with E-state index in [1.165, 1.54) is 0 Å². The molecule has 0 aliphatic rings. The summed E-state index contributed by atoms with van der Waals surface area (Å²) in [4.78, 5) is 12.0. The number of aromatic nitrogens is 1. The summed E-state index contributed by atoms with van der Waals surface area (Å²) in [6.07, 6.45) is 2.70. The van der Waals surface area contributed by atoms with Crippen LogP contribution in [-0.4, -0.2) is 17.1 Å². The van der Waals surface area contributed by atoms with Crippen molar-refractivity contribution in [2.24, 2.45) is 7.05 Å². The number of carbonyl (C=O) groups excluding carboxylic acids is 1. The first-order valence-electron chi connectivity index (χ1n) is 5.65. The molecule has 0 aliphatic heterocycles. The highest BCUT2D eigenvalue weighted by Gasteiger charge is 2.17. The summed E-state index contributed by atoms with van der Waals surface area (Å²) in [6.45, 7) is 2.37. The predicted molar refractivity (Wildman–Crippen MR) is 67.9 cm³/mol. The van der Waals surface area contributed by atoms with E-state index in [9.17, 15) is 4.79 Å². The minimum atomic E-state index is -0.350. The number of anilines is 1. The Morgan fingerprint density at radius 1 is 1.41 bits per heavy atom. The molecule has 4 heteroatoms. The van der Waals surface area contributed by atoms with Crippen molar-refractivity contribution in [3.63, 3.8) is 0 Å². The molecule has 0 fully saturated rings. The van der Waals surface area contributed by atoms with E-state index < -0.39 is 0 Å². The number of esters is 1. The molecule has 1 aromatic carbocycles. The largest absolute Gasteiger partial charge is 0.462 e. The molecule has 1 heterocycles. The minimum Gasteiger partial charge on any atom is -0.462 e. The van der Waals surface area contributed by atoms with Crippen molar-refractivity contribution >= 4 is 22.6 Å². The number of benzene rings is 1. The molecule has 2 aromatic rings. The monoisotopic (exact) mass is 232 g/mol. The van der Waals surface area contributed by atoms with Crippen LogP contribution in [0.1, 0.15) is 23.7 Å². The van der Waals surface area contributed by atoms with Crippen molar-refractivity contribution in [1.29, 1.82) is 0 Å². The van der Waals surface area contributed by atoms with Crippen LogP contribution in [0.25, 0.3) is 10.9 Å². The summed E-state index contributed by atoms with van der Waals surface area (Å²) in [5, 5.41) is 0.991. The van der Waals surface area contributed by atoms with Crippen LogP contribution in [0.15, 0.2) is 24.4 Å². The molecule has 1 aromatic heterocycles. The van der Waals surface area contributed by atoms with Crippen LogP contribution >= 0.6 is 0 Å². The Labute approximate surface area is 100.0 Å². The molecular formula is C13H16N2O2. The number of hydrogen-bond donors (Lipinski definition) is 1. The number of nitrogens with two attached hydrogens (primary N) is 1. The van der Waals surface area contributed by atoms with Crippen LogP contribution in [0.3, 0.4) is 0 Å². The second kappa shape index (κ2) is 4.49. The number of fused-ring (bicyclic) bond motifs is 1. The summed E-state index contributed by atoms with van der Waals surface area (Å²) in [5.41, 5.74) is 7.62. The molecule has 0 spiro atoms. The van der Waals surface area contributed by atoms with Gasteiger partial charge in [-0.05, 0) is 18.6 Å². The third kappa shape index (κ3) is 1.98. The van der Waals surface area contributed by atoms with Crippen LogP contribution in [0.5, 0.6) is 0 Å². The number of nitrogens with zero attached hydrogens (tertiary/aromatic N) is 1. The van der Waals surface area contributed by atoms with Crippen molar-refractivity contribution in [3.05, 3.63) is 30.0 Å². The van der Waals surface area contributed by atoms with Gasteiger partial charge in [-0.2, -0.15) is 0 Å². The molecule has 2 rings (SSSR count). The number of rotatable bonds is 3. The zero-order valence-electron chi connectivity index (χ0n) is 10.1. The molecule has 17 heavy (non-hydrogen) atoms. The minimum absolute atomic E-state index is 0.350. The Kier molecular flexibility index (Phi) is 3.04. The fourth-order valence-corrected chi connectivity index (χ4v) is 1.89. The molecule has 0 saturated carbocycles. The lowest BCUT2D eigenvalue weighted by atomic mass is 10.1. The van der Waals surface area contributed by atoms with Crippen LogP contribution in [0.4, 0.5) is 5.69 Å². The average Bonchev–Trinajstić information content (AvgIpc) is 2.68. The van der Waals surface area contributed by atoms with Gasteiger partial charge in [0.2, 0.25) is 0 Å². The average molecular weight is 232 g/mol. The zero-order chi connectivity index (χ0) is 12.4. The quantitative estimate of drug-likeness (QED) is 0.652. The molecule has 0 saturated heterocycles. The summed E-state index contributed by atoms with van der Waals surface area (Å²) < 4.78 is 7.04. The van der Waals surface area contributed by atoms with Crippen molar-refractivity contribution in [1.82, 2.24) is 4.57 Å². The second-order valence-corrected chi connectivity index (χ2v) is 4.03. The molecule has 4 nitrogen and oxygen atoms in total. The molecule has 2 N–H and O–H groups in total. The summed E-state index contributed by atoms with van der Waals surface area (Å²) in [6, 6.07) is 5.59. The first-order valence-corrected chi connectivity index (χ1v) is 5.65. The maximum atomic E-state index is 12.0. The van der Waals surface area contributed by atoms with Gasteiger partial charge in [0.05, 0.1) is 12.1 Å². The number of aryl methyl sites for hydroxylation is 1. The highest BCUT2D eigenvalue weighted by atomic mass is 16.5. The maximum Gasteiger partial charge on any atom is 0.342 e. The van der Waals surface area contributed by atoms with Gasteiger partial charge in [-0.15, -0.1) is 0 Å². The van der Waals surface area contributed by atoms with Crippen molar-refractivity contribution in [2.75, 3.05) is 12.3 Å². The van der Waals surface area contributed by atoms with Crippen LogP contribution < -0.4 is 5.73 Å².